The van der Waals surface area contributed by atoms with E-state index >= 15 is 0 Å². The Labute approximate surface area is 125 Å². The minimum atomic E-state index is -4.05. The fourth-order valence-corrected chi connectivity index (χ4v) is 3.61. The van der Waals surface area contributed by atoms with Crippen molar-refractivity contribution in [1.82, 2.24) is 0 Å². The minimum absolute atomic E-state index is 0.00810. The summed E-state index contributed by atoms with van der Waals surface area (Å²) in [7, 11) is -2.92. The number of aryl methyl sites for hydroxylation is 1. The second-order valence-corrected chi connectivity index (χ2v) is 7.15. The van der Waals surface area contributed by atoms with E-state index in [1.54, 1.807) is 12.1 Å². The quantitative estimate of drug-likeness (QED) is 0.566. The molecular weight excluding hydrogens is 292 g/mol. The standard InChI is InChI=1S/C14H22N2O4S/c1-11-5-7-12(8-6-11)21(18,19)14(16,13(17)20-2)9-3-4-10-15/h5-8H,3-4,9-10,15-16H2,1-2H3/t14-/m1/s1. The van der Waals surface area contributed by atoms with Gasteiger partial charge >= 0.3 is 5.97 Å². The summed E-state index contributed by atoms with van der Waals surface area (Å²) in [5.74, 6) is -0.958. The number of esters is 1. The zero-order chi connectivity index (χ0) is 16.1. The van der Waals surface area contributed by atoms with Gasteiger partial charge in [0, 0.05) is 0 Å². The highest BCUT2D eigenvalue weighted by molar-refractivity contribution is 7.93. The fourth-order valence-electron chi connectivity index (χ4n) is 1.98. The molecule has 21 heavy (non-hydrogen) atoms. The van der Waals surface area contributed by atoms with Crippen LogP contribution in [0.3, 0.4) is 0 Å². The van der Waals surface area contributed by atoms with Gasteiger partial charge in [0.05, 0.1) is 12.0 Å². The number of sulfone groups is 1. The van der Waals surface area contributed by atoms with Crippen LogP contribution in [-0.2, 0) is 19.4 Å². The molecule has 0 aliphatic carbocycles. The van der Waals surface area contributed by atoms with E-state index in [0.717, 1.165) is 12.7 Å². The van der Waals surface area contributed by atoms with Crippen LogP contribution >= 0.6 is 0 Å². The smallest absolute Gasteiger partial charge is 0.342 e. The molecule has 0 aliphatic rings. The Kier molecular flexibility index (Phi) is 5.88. The topological polar surface area (TPSA) is 112 Å². The van der Waals surface area contributed by atoms with Crippen LogP contribution in [0.4, 0.5) is 0 Å². The molecule has 1 aromatic rings. The number of ether oxygens (including phenoxy) is 1. The zero-order valence-electron chi connectivity index (χ0n) is 12.3. The predicted octanol–water partition coefficient (Wildman–Crippen LogP) is 0.726. The molecule has 0 heterocycles. The van der Waals surface area contributed by atoms with E-state index in [-0.39, 0.29) is 11.3 Å². The van der Waals surface area contributed by atoms with Crippen LogP contribution in [0.15, 0.2) is 29.2 Å². The highest BCUT2D eigenvalue weighted by Gasteiger charge is 2.48. The Morgan fingerprint density at radius 1 is 1.24 bits per heavy atom. The van der Waals surface area contributed by atoms with Gasteiger partial charge in [0.15, 0.2) is 0 Å². The maximum Gasteiger partial charge on any atom is 0.342 e. The van der Waals surface area contributed by atoms with Crippen LogP contribution in [0.5, 0.6) is 0 Å². The summed E-state index contributed by atoms with van der Waals surface area (Å²) in [6.07, 6.45) is 0.972. The lowest BCUT2D eigenvalue weighted by molar-refractivity contribution is -0.143. The van der Waals surface area contributed by atoms with Gasteiger partial charge in [-0.05, 0) is 44.9 Å². The molecule has 1 rings (SSSR count). The van der Waals surface area contributed by atoms with Crippen molar-refractivity contribution in [3.63, 3.8) is 0 Å². The van der Waals surface area contributed by atoms with Crippen molar-refractivity contribution >= 4 is 15.8 Å². The molecule has 0 fully saturated rings. The Balaban J connectivity index is 3.23. The predicted molar refractivity (Wildman–Crippen MR) is 80.2 cm³/mol. The summed E-state index contributed by atoms with van der Waals surface area (Å²) in [5, 5.41) is 0. The summed E-state index contributed by atoms with van der Waals surface area (Å²) in [5.41, 5.74) is 12.2. The SMILES string of the molecule is COC(=O)[C@@](N)(CCCCN)S(=O)(=O)c1ccc(C)cc1. The van der Waals surface area contributed by atoms with Crippen LogP contribution in [0.2, 0.25) is 0 Å². The Hall–Kier alpha value is -1.44. The lowest BCUT2D eigenvalue weighted by Crippen LogP contribution is -2.55. The number of carbonyl (C=O) groups excluding carboxylic acids is 1. The largest absolute Gasteiger partial charge is 0.467 e. The third-order valence-corrected chi connectivity index (χ3v) is 5.57. The summed E-state index contributed by atoms with van der Waals surface area (Å²) in [6.45, 7) is 2.25. The van der Waals surface area contributed by atoms with E-state index in [1.165, 1.54) is 12.1 Å². The zero-order valence-corrected chi connectivity index (χ0v) is 13.2. The number of nitrogens with two attached hydrogens (primary N) is 2. The molecule has 1 aromatic carbocycles. The van der Waals surface area contributed by atoms with Crippen LogP contribution in [-0.4, -0.2) is 32.9 Å². The monoisotopic (exact) mass is 314 g/mol. The Morgan fingerprint density at radius 2 is 1.81 bits per heavy atom. The van der Waals surface area contributed by atoms with Gasteiger partial charge in [-0.25, -0.2) is 13.2 Å². The van der Waals surface area contributed by atoms with Gasteiger partial charge in [-0.1, -0.05) is 17.7 Å². The van der Waals surface area contributed by atoms with Crippen molar-refractivity contribution in [2.45, 2.75) is 36.0 Å². The van der Waals surface area contributed by atoms with E-state index in [9.17, 15) is 13.2 Å². The number of carbonyl (C=O) groups is 1. The van der Waals surface area contributed by atoms with Gasteiger partial charge in [0.2, 0.25) is 14.7 Å². The number of unbranched alkanes of at least 4 members (excludes halogenated alkanes) is 1. The third-order valence-electron chi connectivity index (χ3n) is 3.34. The van der Waals surface area contributed by atoms with Gasteiger partial charge < -0.3 is 16.2 Å². The van der Waals surface area contributed by atoms with E-state index in [1.807, 2.05) is 6.92 Å². The van der Waals surface area contributed by atoms with E-state index in [2.05, 4.69) is 4.74 Å². The molecule has 0 saturated heterocycles. The molecule has 7 heteroatoms. The Bertz CT molecular complexity index is 583. The van der Waals surface area contributed by atoms with E-state index in [4.69, 9.17) is 11.5 Å². The minimum Gasteiger partial charge on any atom is -0.467 e. The molecule has 0 aliphatic heterocycles. The van der Waals surface area contributed by atoms with Crippen LogP contribution < -0.4 is 11.5 Å². The van der Waals surface area contributed by atoms with E-state index in [0.29, 0.717) is 19.4 Å². The van der Waals surface area contributed by atoms with Crippen molar-refractivity contribution in [2.24, 2.45) is 11.5 Å². The third kappa shape index (κ3) is 3.61. The highest BCUT2D eigenvalue weighted by Crippen LogP contribution is 2.27. The first-order valence-electron chi connectivity index (χ1n) is 6.68. The average Bonchev–Trinajstić information content (AvgIpc) is 2.46. The number of hydrogen-bond donors (Lipinski definition) is 2. The lowest BCUT2D eigenvalue weighted by Gasteiger charge is -2.26. The first kappa shape index (κ1) is 17.6. The average molecular weight is 314 g/mol. The first-order valence-corrected chi connectivity index (χ1v) is 8.16. The number of rotatable bonds is 7. The second kappa shape index (κ2) is 7.02. The van der Waals surface area contributed by atoms with E-state index < -0.39 is 20.7 Å². The molecule has 4 N–H and O–H groups in total. The van der Waals surface area contributed by atoms with Crippen molar-refractivity contribution in [2.75, 3.05) is 13.7 Å². The number of benzene rings is 1. The fraction of sp³-hybridized carbons (Fsp3) is 0.500. The molecule has 0 unspecified atom stereocenters. The second-order valence-electron chi connectivity index (χ2n) is 4.94. The molecule has 0 radical (unpaired) electrons. The van der Waals surface area contributed by atoms with Gasteiger partial charge in [0.25, 0.3) is 0 Å². The molecule has 6 nitrogen and oxygen atoms in total. The molecule has 0 amide bonds. The van der Waals surface area contributed by atoms with Gasteiger partial charge in [0.1, 0.15) is 0 Å². The van der Waals surface area contributed by atoms with Crippen molar-refractivity contribution in [3.8, 4) is 0 Å². The molecule has 1 atom stereocenters. The van der Waals surface area contributed by atoms with Crippen LogP contribution in [0.25, 0.3) is 0 Å². The van der Waals surface area contributed by atoms with Crippen LogP contribution in [0, 0.1) is 6.92 Å². The summed E-state index contributed by atoms with van der Waals surface area (Å²) < 4.78 is 30.0. The number of methoxy groups -OCH3 is 1. The van der Waals surface area contributed by atoms with Crippen molar-refractivity contribution in [1.29, 1.82) is 0 Å². The first-order chi connectivity index (χ1) is 9.79. The normalized spacial score (nSPS) is 14.5. The van der Waals surface area contributed by atoms with Crippen molar-refractivity contribution in [3.05, 3.63) is 29.8 Å². The molecule has 118 valence electrons. The molecule has 0 bridgehead atoms. The van der Waals surface area contributed by atoms with Crippen molar-refractivity contribution < 1.29 is 17.9 Å². The van der Waals surface area contributed by atoms with Gasteiger partial charge in [-0.3, -0.25) is 0 Å². The Morgan fingerprint density at radius 3 is 2.29 bits per heavy atom. The van der Waals surface area contributed by atoms with Gasteiger partial charge in [-0.15, -0.1) is 0 Å². The molecule has 0 aromatic heterocycles. The molecule has 0 spiro atoms. The summed E-state index contributed by atoms with van der Waals surface area (Å²) in [4.78, 5) is 9.87. The molecular formula is C14H22N2O4S. The molecule has 0 saturated carbocycles. The maximum atomic E-state index is 12.7. The van der Waals surface area contributed by atoms with Gasteiger partial charge in [-0.2, -0.15) is 0 Å². The summed E-state index contributed by atoms with van der Waals surface area (Å²) in [6, 6.07) is 6.20. The lowest BCUT2D eigenvalue weighted by atomic mass is 10.1. The van der Waals surface area contributed by atoms with Crippen LogP contribution in [0.1, 0.15) is 24.8 Å². The highest BCUT2D eigenvalue weighted by atomic mass is 32.2. The maximum absolute atomic E-state index is 12.7. The summed E-state index contributed by atoms with van der Waals surface area (Å²) >= 11 is 0. The number of hydrogen-bond acceptors (Lipinski definition) is 6.